The van der Waals surface area contributed by atoms with E-state index in [0.717, 1.165) is 35.0 Å². The molecule has 4 fully saturated rings. The lowest BCUT2D eigenvalue weighted by molar-refractivity contribution is -0.0399. The van der Waals surface area contributed by atoms with Crippen LogP contribution >= 0.6 is 0 Å². The Kier molecular flexibility index (Phi) is 7.67. The van der Waals surface area contributed by atoms with Gasteiger partial charge in [0.1, 0.15) is 0 Å². The molecule has 59 heavy (non-hydrogen) atoms. The van der Waals surface area contributed by atoms with Crippen molar-refractivity contribution >= 4 is 66.4 Å². The zero-order chi connectivity index (χ0) is 38.0. The molecule has 0 N–H and O–H groups in total. The molecule has 0 heterocycles. The van der Waals surface area contributed by atoms with Crippen molar-refractivity contribution in [2.75, 3.05) is 9.80 Å². The highest BCUT2D eigenvalue weighted by Gasteiger charge is 2.61. The maximum atomic E-state index is 2.59. The number of hydrogen-bond donors (Lipinski definition) is 0. The molecule has 5 aliphatic carbocycles. The molecular formula is C57H48N2. The fraction of sp³-hybridized carbons (Fsp3) is 0.193. The van der Waals surface area contributed by atoms with Crippen LogP contribution in [0.1, 0.15) is 50.7 Å². The summed E-state index contributed by atoms with van der Waals surface area (Å²) in [5.74, 6) is 3.28. The van der Waals surface area contributed by atoms with E-state index < -0.39 is 0 Å². The molecule has 0 amide bonds. The van der Waals surface area contributed by atoms with Crippen molar-refractivity contribution in [1.29, 1.82) is 0 Å². The molecule has 5 aliphatic rings. The second kappa shape index (κ2) is 13.1. The molecule has 4 bridgehead atoms. The average Bonchev–Trinajstić information content (AvgIpc) is 3.58. The standard InChI is InChI=1S/C56H44N2.CH4/c1-4-13-42(14-5-1)57(43-15-6-2-7-16-43)50-29-25-38-24-28-47-51(30-26-39-23-27-46(50)53(38)54(39)47)58(44-17-8-3-9-18-44)52-22-12-21-49-55(52)45-19-10-11-20-48(45)56(49)40-32-36-31-37(34-40)35-41(56)33-36;/h1-30,36-37,40-41H,31-35H2;1H4. The fourth-order valence-corrected chi connectivity index (χ4v) is 13.1. The average molecular weight is 761 g/mol. The molecule has 0 aliphatic heterocycles. The van der Waals surface area contributed by atoms with Crippen molar-refractivity contribution in [1.82, 2.24) is 0 Å². The molecule has 4 saturated carbocycles. The molecule has 286 valence electrons. The van der Waals surface area contributed by atoms with Crippen molar-refractivity contribution < 1.29 is 0 Å². The number of hydrogen-bond acceptors (Lipinski definition) is 2. The minimum atomic E-state index is 0. The van der Waals surface area contributed by atoms with E-state index in [-0.39, 0.29) is 12.8 Å². The molecule has 0 aromatic heterocycles. The summed E-state index contributed by atoms with van der Waals surface area (Å²) >= 11 is 0. The molecule has 0 saturated heterocycles. The van der Waals surface area contributed by atoms with Crippen LogP contribution < -0.4 is 9.80 Å². The van der Waals surface area contributed by atoms with Gasteiger partial charge in [-0.2, -0.15) is 0 Å². The summed E-state index contributed by atoms with van der Waals surface area (Å²) in [5, 5.41) is 7.70. The number of nitrogens with zero attached hydrogens (tertiary/aromatic N) is 2. The van der Waals surface area contributed by atoms with Gasteiger partial charge >= 0.3 is 0 Å². The van der Waals surface area contributed by atoms with E-state index in [0.29, 0.717) is 0 Å². The van der Waals surface area contributed by atoms with Crippen LogP contribution in [-0.4, -0.2) is 0 Å². The predicted molar refractivity (Wildman–Crippen MR) is 250 cm³/mol. The molecule has 1 spiro atoms. The van der Waals surface area contributed by atoms with Gasteiger partial charge in [0.15, 0.2) is 0 Å². The fourth-order valence-electron chi connectivity index (χ4n) is 13.1. The molecule has 14 rings (SSSR count). The van der Waals surface area contributed by atoms with Crippen molar-refractivity contribution in [2.45, 2.75) is 44.9 Å². The first kappa shape index (κ1) is 34.6. The second-order valence-electron chi connectivity index (χ2n) is 17.7. The first-order chi connectivity index (χ1) is 28.8. The van der Waals surface area contributed by atoms with Gasteiger partial charge in [0, 0.05) is 38.8 Å². The summed E-state index contributed by atoms with van der Waals surface area (Å²) in [6.45, 7) is 0. The maximum absolute atomic E-state index is 2.59. The Bertz CT molecular complexity index is 2960. The summed E-state index contributed by atoms with van der Waals surface area (Å²) in [4.78, 5) is 5.01. The van der Waals surface area contributed by atoms with Gasteiger partial charge in [-0.15, -0.1) is 0 Å². The van der Waals surface area contributed by atoms with Gasteiger partial charge in [-0.1, -0.05) is 135 Å². The van der Waals surface area contributed by atoms with Crippen molar-refractivity contribution in [3.8, 4) is 11.1 Å². The molecule has 0 radical (unpaired) electrons. The molecule has 0 unspecified atom stereocenters. The molecule has 2 nitrogen and oxygen atoms in total. The lowest BCUT2D eigenvalue weighted by Gasteiger charge is -2.61. The van der Waals surface area contributed by atoms with E-state index in [1.165, 1.54) is 98.3 Å². The van der Waals surface area contributed by atoms with Gasteiger partial charge in [-0.05, 0) is 149 Å². The summed E-state index contributed by atoms with van der Waals surface area (Å²) in [6, 6.07) is 68.4. The van der Waals surface area contributed by atoms with Gasteiger partial charge in [-0.25, -0.2) is 0 Å². The third kappa shape index (κ3) is 4.81. The topological polar surface area (TPSA) is 6.48 Å². The smallest absolute Gasteiger partial charge is 0.0543 e. The van der Waals surface area contributed by atoms with Crippen LogP contribution in [0, 0.1) is 23.7 Å². The highest BCUT2D eigenvalue weighted by Crippen LogP contribution is 2.70. The summed E-state index contributed by atoms with van der Waals surface area (Å²) in [5.41, 5.74) is 13.4. The SMILES string of the molecule is C.c1ccc(N(c2ccccc2)c2ccc3ccc4c(N(c5ccccc5)c5cccc6c5-c5ccccc5C65C6CC7CC(C6)CC5C7)ccc5ccc2c3c54)cc1. The van der Waals surface area contributed by atoms with Crippen LogP contribution in [0.4, 0.5) is 34.1 Å². The predicted octanol–water partition coefficient (Wildman–Crippen LogP) is 15.9. The Balaban J connectivity index is 0.00000377. The van der Waals surface area contributed by atoms with E-state index in [2.05, 4.69) is 192 Å². The first-order valence-corrected chi connectivity index (χ1v) is 21.4. The Morgan fingerprint density at radius 2 is 0.831 bits per heavy atom. The van der Waals surface area contributed by atoms with Crippen LogP contribution in [-0.2, 0) is 5.41 Å². The number of fused-ring (bicyclic) bond motifs is 3. The molecule has 9 aromatic carbocycles. The zero-order valence-corrected chi connectivity index (χ0v) is 32.6. The molecule has 2 heteroatoms. The van der Waals surface area contributed by atoms with Crippen molar-refractivity contribution in [2.24, 2.45) is 23.7 Å². The minimum Gasteiger partial charge on any atom is -0.310 e. The largest absolute Gasteiger partial charge is 0.310 e. The van der Waals surface area contributed by atoms with Crippen molar-refractivity contribution in [3.05, 3.63) is 193 Å². The normalized spacial score (nSPS) is 22.2. The van der Waals surface area contributed by atoms with E-state index in [9.17, 15) is 0 Å². The van der Waals surface area contributed by atoms with Crippen LogP contribution in [0.5, 0.6) is 0 Å². The zero-order valence-electron chi connectivity index (χ0n) is 32.6. The number of rotatable bonds is 6. The van der Waals surface area contributed by atoms with Gasteiger partial charge in [0.2, 0.25) is 0 Å². The second-order valence-corrected chi connectivity index (χ2v) is 17.7. The summed E-state index contributed by atoms with van der Waals surface area (Å²) in [7, 11) is 0. The molecular weight excluding hydrogens is 713 g/mol. The third-order valence-corrected chi connectivity index (χ3v) is 14.9. The molecule has 0 atom stereocenters. The van der Waals surface area contributed by atoms with Crippen LogP contribution in [0.3, 0.4) is 0 Å². The summed E-state index contributed by atoms with van der Waals surface area (Å²) in [6.07, 6.45) is 7.01. The molecule has 9 aromatic rings. The quantitative estimate of drug-likeness (QED) is 0.156. The van der Waals surface area contributed by atoms with Crippen molar-refractivity contribution in [3.63, 3.8) is 0 Å². The van der Waals surface area contributed by atoms with Crippen LogP contribution in [0.25, 0.3) is 43.4 Å². The monoisotopic (exact) mass is 760 g/mol. The number of para-hydroxylation sites is 3. The van der Waals surface area contributed by atoms with E-state index in [1.54, 1.807) is 11.1 Å². The lowest BCUT2D eigenvalue weighted by atomic mass is 9.43. The van der Waals surface area contributed by atoms with Crippen LogP contribution in [0.2, 0.25) is 0 Å². The van der Waals surface area contributed by atoms with E-state index >= 15 is 0 Å². The Morgan fingerprint density at radius 1 is 0.373 bits per heavy atom. The highest BCUT2D eigenvalue weighted by molar-refractivity contribution is 6.28. The number of benzene rings is 9. The Labute approximate surface area is 347 Å². The van der Waals surface area contributed by atoms with Gasteiger partial charge in [-0.3, -0.25) is 0 Å². The third-order valence-electron chi connectivity index (χ3n) is 14.9. The Morgan fingerprint density at radius 3 is 1.39 bits per heavy atom. The van der Waals surface area contributed by atoms with E-state index in [4.69, 9.17) is 0 Å². The van der Waals surface area contributed by atoms with Crippen LogP contribution in [0.15, 0.2) is 182 Å². The van der Waals surface area contributed by atoms with Gasteiger partial charge < -0.3 is 9.80 Å². The number of anilines is 6. The Hall–Kier alpha value is -6.38. The van der Waals surface area contributed by atoms with E-state index in [1.807, 2.05) is 0 Å². The highest BCUT2D eigenvalue weighted by atomic mass is 15.2. The first-order valence-electron chi connectivity index (χ1n) is 21.4. The minimum absolute atomic E-state index is 0. The lowest BCUT2D eigenvalue weighted by Crippen LogP contribution is -2.55. The van der Waals surface area contributed by atoms with Gasteiger partial charge in [0.25, 0.3) is 0 Å². The van der Waals surface area contributed by atoms with Gasteiger partial charge in [0.05, 0.1) is 17.1 Å². The summed E-state index contributed by atoms with van der Waals surface area (Å²) < 4.78 is 0. The maximum Gasteiger partial charge on any atom is 0.0543 e.